The summed E-state index contributed by atoms with van der Waals surface area (Å²) in [5.41, 5.74) is 3.91. The summed E-state index contributed by atoms with van der Waals surface area (Å²) < 4.78 is 7.80. The molecule has 2 heterocycles. The van der Waals surface area contributed by atoms with Crippen LogP contribution < -0.4 is 10.3 Å². The Kier molecular flexibility index (Phi) is 7.89. The van der Waals surface area contributed by atoms with Gasteiger partial charge in [0.2, 0.25) is 0 Å². The van der Waals surface area contributed by atoms with Crippen LogP contribution in [-0.2, 0) is 19.6 Å². The lowest BCUT2D eigenvalue weighted by atomic mass is 10.1. The van der Waals surface area contributed by atoms with Crippen molar-refractivity contribution < 1.29 is 4.74 Å². The second kappa shape index (κ2) is 11.8. The van der Waals surface area contributed by atoms with Crippen LogP contribution in [-0.4, -0.2) is 30.2 Å². The standard InChI is InChI=1S/C29H27ClN6O2/c1-2-3-12-27-31-17-25(24-10-6-7-11-26(24)30)29(37)36(27)18-20-13-15-22(16-14-20)38-19-21-8-4-5-9-23(21)28-32-34-35-33-28/h4-11,13-17H,2-3,12,18-19H2,1H3,(H,32,33,34,35). The van der Waals surface area contributed by atoms with Crippen LogP contribution in [0, 0.1) is 0 Å². The van der Waals surface area contributed by atoms with Gasteiger partial charge in [0, 0.05) is 34.3 Å². The van der Waals surface area contributed by atoms with Gasteiger partial charge in [0.05, 0.1) is 12.1 Å². The van der Waals surface area contributed by atoms with E-state index in [0.29, 0.717) is 35.1 Å². The Labute approximate surface area is 225 Å². The summed E-state index contributed by atoms with van der Waals surface area (Å²) in [6.07, 6.45) is 4.35. The Balaban J connectivity index is 1.36. The Morgan fingerprint density at radius 2 is 1.71 bits per heavy atom. The lowest BCUT2D eigenvalue weighted by molar-refractivity contribution is 0.306. The number of H-pyrrole nitrogens is 1. The van der Waals surface area contributed by atoms with Gasteiger partial charge in [-0.3, -0.25) is 9.36 Å². The molecule has 0 unspecified atom stereocenters. The number of benzene rings is 3. The monoisotopic (exact) mass is 526 g/mol. The minimum atomic E-state index is -0.0990. The minimum absolute atomic E-state index is 0.0990. The lowest BCUT2D eigenvalue weighted by Crippen LogP contribution is -2.27. The molecule has 0 saturated heterocycles. The van der Waals surface area contributed by atoms with Crippen molar-refractivity contribution >= 4 is 11.6 Å². The third kappa shape index (κ3) is 5.65. The van der Waals surface area contributed by atoms with E-state index < -0.39 is 0 Å². The second-order valence-corrected chi connectivity index (χ2v) is 9.31. The van der Waals surface area contributed by atoms with Crippen molar-refractivity contribution in [1.29, 1.82) is 0 Å². The Hall–Kier alpha value is -4.30. The zero-order valence-electron chi connectivity index (χ0n) is 21.0. The second-order valence-electron chi connectivity index (χ2n) is 8.90. The molecule has 0 spiro atoms. The summed E-state index contributed by atoms with van der Waals surface area (Å²) in [7, 11) is 0. The molecule has 2 aromatic heterocycles. The Bertz CT molecular complexity index is 1570. The Morgan fingerprint density at radius 3 is 2.45 bits per heavy atom. The highest BCUT2D eigenvalue weighted by Gasteiger charge is 2.15. The fraction of sp³-hybridized carbons (Fsp3) is 0.207. The van der Waals surface area contributed by atoms with Crippen LogP contribution in [0.15, 0.2) is 83.8 Å². The van der Waals surface area contributed by atoms with Crippen molar-refractivity contribution in [2.75, 3.05) is 0 Å². The fourth-order valence-corrected chi connectivity index (χ4v) is 4.51. The maximum atomic E-state index is 13.6. The first-order valence-corrected chi connectivity index (χ1v) is 12.9. The molecule has 0 saturated carbocycles. The highest BCUT2D eigenvalue weighted by atomic mass is 35.5. The van der Waals surface area contributed by atoms with Crippen molar-refractivity contribution in [3.05, 3.63) is 111 Å². The maximum absolute atomic E-state index is 13.6. The quantitative estimate of drug-likeness (QED) is 0.250. The summed E-state index contributed by atoms with van der Waals surface area (Å²) in [5, 5.41) is 14.6. The highest BCUT2D eigenvalue weighted by Crippen LogP contribution is 2.25. The zero-order valence-corrected chi connectivity index (χ0v) is 21.7. The molecule has 0 aliphatic heterocycles. The molecular weight excluding hydrogens is 500 g/mol. The molecule has 3 aromatic carbocycles. The van der Waals surface area contributed by atoms with Crippen molar-refractivity contribution in [2.24, 2.45) is 0 Å². The summed E-state index contributed by atoms with van der Waals surface area (Å²) in [6, 6.07) is 22.9. The number of tetrazole rings is 1. The van der Waals surface area contributed by atoms with Gasteiger partial charge in [0.15, 0.2) is 5.82 Å². The third-order valence-electron chi connectivity index (χ3n) is 6.32. The van der Waals surface area contributed by atoms with Gasteiger partial charge < -0.3 is 4.74 Å². The highest BCUT2D eigenvalue weighted by molar-refractivity contribution is 6.33. The van der Waals surface area contributed by atoms with Crippen molar-refractivity contribution in [3.8, 4) is 28.3 Å². The van der Waals surface area contributed by atoms with Gasteiger partial charge in [-0.1, -0.05) is 79.5 Å². The number of ether oxygens (including phenoxy) is 1. The van der Waals surface area contributed by atoms with E-state index >= 15 is 0 Å². The zero-order chi connectivity index (χ0) is 26.3. The summed E-state index contributed by atoms with van der Waals surface area (Å²) in [4.78, 5) is 18.3. The predicted octanol–water partition coefficient (Wildman–Crippen LogP) is 5.71. The number of unbranched alkanes of at least 4 members (excludes halogenated alkanes) is 1. The molecule has 0 amide bonds. The van der Waals surface area contributed by atoms with E-state index in [0.717, 1.165) is 47.5 Å². The van der Waals surface area contributed by atoms with Gasteiger partial charge in [-0.05, 0) is 40.6 Å². The normalized spacial score (nSPS) is 11.0. The molecule has 8 nitrogen and oxygen atoms in total. The first-order valence-electron chi connectivity index (χ1n) is 12.5. The topological polar surface area (TPSA) is 98.6 Å². The van der Waals surface area contributed by atoms with Crippen LogP contribution >= 0.6 is 11.6 Å². The van der Waals surface area contributed by atoms with Crippen molar-refractivity contribution in [2.45, 2.75) is 39.3 Å². The average Bonchev–Trinajstić information content (AvgIpc) is 3.49. The van der Waals surface area contributed by atoms with E-state index in [1.54, 1.807) is 16.8 Å². The summed E-state index contributed by atoms with van der Waals surface area (Å²) in [6.45, 7) is 2.89. The van der Waals surface area contributed by atoms with Gasteiger partial charge >= 0.3 is 0 Å². The Morgan fingerprint density at radius 1 is 0.947 bits per heavy atom. The van der Waals surface area contributed by atoms with Crippen LogP contribution in [0.5, 0.6) is 5.75 Å². The number of aromatic amines is 1. The van der Waals surface area contributed by atoms with Crippen molar-refractivity contribution in [3.63, 3.8) is 0 Å². The van der Waals surface area contributed by atoms with Crippen LogP contribution in [0.25, 0.3) is 22.5 Å². The van der Waals surface area contributed by atoms with Gasteiger partial charge in [-0.2, -0.15) is 0 Å². The molecule has 38 heavy (non-hydrogen) atoms. The van der Waals surface area contributed by atoms with Gasteiger partial charge in [0.25, 0.3) is 5.56 Å². The van der Waals surface area contributed by atoms with E-state index in [1.807, 2.05) is 66.7 Å². The van der Waals surface area contributed by atoms with Gasteiger partial charge in [-0.15, -0.1) is 5.10 Å². The molecule has 0 fully saturated rings. The van der Waals surface area contributed by atoms with Gasteiger partial charge in [-0.25, -0.2) is 10.1 Å². The number of halogens is 1. The number of rotatable bonds is 10. The molecule has 9 heteroatoms. The van der Waals surface area contributed by atoms with E-state index in [2.05, 4.69) is 32.5 Å². The molecule has 5 aromatic rings. The molecular formula is C29H27ClN6O2. The maximum Gasteiger partial charge on any atom is 0.261 e. The van der Waals surface area contributed by atoms with Crippen LogP contribution in [0.2, 0.25) is 5.02 Å². The number of aryl methyl sites for hydroxylation is 1. The van der Waals surface area contributed by atoms with Crippen LogP contribution in [0.1, 0.15) is 36.7 Å². The predicted molar refractivity (Wildman–Crippen MR) is 147 cm³/mol. The molecule has 0 radical (unpaired) electrons. The van der Waals surface area contributed by atoms with Crippen LogP contribution in [0.4, 0.5) is 0 Å². The SMILES string of the molecule is CCCCc1ncc(-c2ccccc2Cl)c(=O)n1Cc1ccc(OCc2ccccc2-c2nnn[nH]2)cc1. The van der Waals surface area contributed by atoms with Gasteiger partial charge in [0.1, 0.15) is 18.2 Å². The number of hydrogen-bond acceptors (Lipinski definition) is 6. The molecule has 0 aliphatic carbocycles. The number of nitrogens with zero attached hydrogens (tertiary/aromatic N) is 5. The van der Waals surface area contributed by atoms with E-state index in [1.165, 1.54) is 0 Å². The molecule has 0 bridgehead atoms. The molecule has 192 valence electrons. The number of hydrogen-bond donors (Lipinski definition) is 1. The van der Waals surface area contributed by atoms with Crippen molar-refractivity contribution in [1.82, 2.24) is 30.2 Å². The lowest BCUT2D eigenvalue weighted by Gasteiger charge is -2.15. The summed E-state index contributed by atoms with van der Waals surface area (Å²) >= 11 is 6.40. The fourth-order valence-electron chi connectivity index (χ4n) is 4.27. The summed E-state index contributed by atoms with van der Waals surface area (Å²) in [5.74, 6) is 2.09. The third-order valence-corrected chi connectivity index (χ3v) is 6.65. The van der Waals surface area contributed by atoms with E-state index in [-0.39, 0.29) is 5.56 Å². The smallest absolute Gasteiger partial charge is 0.261 e. The minimum Gasteiger partial charge on any atom is -0.489 e. The number of nitrogens with one attached hydrogen (secondary N) is 1. The molecule has 1 N–H and O–H groups in total. The average molecular weight is 527 g/mol. The molecule has 0 atom stereocenters. The largest absolute Gasteiger partial charge is 0.489 e. The first kappa shape index (κ1) is 25.4. The molecule has 0 aliphatic rings. The van der Waals surface area contributed by atoms with E-state index in [4.69, 9.17) is 16.3 Å². The van der Waals surface area contributed by atoms with E-state index in [9.17, 15) is 4.79 Å². The number of aromatic nitrogens is 6. The molecule has 5 rings (SSSR count). The first-order chi connectivity index (χ1) is 18.6. The van der Waals surface area contributed by atoms with Crippen LogP contribution in [0.3, 0.4) is 0 Å².